The molecule has 0 N–H and O–H groups in total. The molecule has 0 spiro atoms. The lowest BCUT2D eigenvalue weighted by Crippen LogP contribution is -2.37. The second kappa shape index (κ2) is 6.39. The van der Waals surface area contributed by atoms with E-state index in [-0.39, 0.29) is 5.91 Å². The van der Waals surface area contributed by atoms with Crippen LogP contribution in [0.25, 0.3) is 0 Å². The van der Waals surface area contributed by atoms with Gasteiger partial charge in [-0.1, -0.05) is 30.0 Å². The maximum absolute atomic E-state index is 12.0. The second-order valence-corrected chi connectivity index (χ2v) is 5.61. The van der Waals surface area contributed by atoms with Crippen molar-refractivity contribution in [1.29, 1.82) is 0 Å². The quantitative estimate of drug-likeness (QED) is 0.845. The van der Waals surface area contributed by atoms with Crippen LogP contribution in [-0.2, 0) is 9.53 Å². The molecule has 0 bridgehead atoms. The standard InChI is InChI=1S/C14H17N3O2S/c18-13-10-20-14(15-11-16-6-8-19-9-7-16)17(13)12-4-2-1-3-5-12/h1-5H,6-11H2/b15-14-. The Balaban J connectivity index is 1.72. The second-order valence-electron chi connectivity index (χ2n) is 4.67. The number of hydrogen-bond acceptors (Lipinski definition) is 5. The van der Waals surface area contributed by atoms with Crippen LogP contribution in [0.15, 0.2) is 35.3 Å². The maximum atomic E-state index is 12.0. The van der Waals surface area contributed by atoms with Crippen LogP contribution in [0.3, 0.4) is 0 Å². The molecule has 0 atom stereocenters. The molecule has 2 aliphatic heterocycles. The highest BCUT2D eigenvalue weighted by molar-refractivity contribution is 8.15. The van der Waals surface area contributed by atoms with Crippen molar-refractivity contribution in [1.82, 2.24) is 4.90 Å². The molecule has 5 nitrogen and oxygen atoms in total. The van der Waals surface area contributed by atoms with Gasteiger partial charge < -0.3 is 4.74 Å². The number of rotatable bonds is 3. The number of carbonyl (C=O) groups is 1. The third-order valence-electron chi connectivity index (χ3n) is 3.29. The smallest absolute Gasteiger partial charge is 0.243 e. The van der Waals surface area contributed by atoms with Crippen LogP contribution in [-0.4, -0.2) is 54.7 Å². The molecule has 2 aliphatic rings. The summed E-state index contributed by atoms with van der Waals surface area (Å²) in [4.78, 5) is 20.6. The lowest BCUT2D eigenvalue weighted by atomic mass is 10.3. The van der Waals surface area contributed by atoms with Gasteiger partial charge in [-0.25, -0.2) is 4.99 Å². The van der Waals surface area contributed by atoms with Gasteiger partial charge in [0, 0.05) is 13.1 Å². The van der Waals surface area contributed by atoms with Gasteiger partial charge in [-0.2, -0.15) is 0 Å². The number of hydrogen-bond donors (Lipinski definition) is 0. The van der Waals surface area contributed by atoms with Crippen molar-refractivity contribution in [2.75, 3.05) is 43.6 Å². The van der Waals surface area contributed by atoms with Crippen LogP contribution in [0.1, 0.15) is 0 Å². The number of amides is 1. The van der Waals surface area contributed by atoms with Crippen molar-refractivity contribution in [2.45, 2.75) is 0 Å². The average Bonchev–Trinajstić information content (AvgIpc) is 2.88. The highest BCUT2D eigenvalue weighted by Gasteiger charge is 2.29. The lowest BCUT2D eigenvalue weighted by molar-refractivity contribution is -0.115. The SMILES string of the molecule is O=C1CS/C(=N\CN2CCOCC2)N1c1ccccc1. The molecule has 0 aromatic heterocycles. The molecule has 2 saturated heterocycles. The van der Waals surface area contributed by atoms with E-state index in [9.17, 15) is 4.79 Å². The van der Waals surface area contributed by atoms with E-state index in [1.165, 1.54) is 11.8 Å². The Morgan fingerprint density at radius 2 is 1.95 bits per heavy atom. The van der Waals surface area contributed by atoms with Crippen LogP contribution >= 0.6 is 11.8 Å². The fourth-order valence-electron chi connectivity index (χ4n) is 2.21. The largest absolute Gasteiger partial charge is 0.379 e. The number of thioether (sulfide) groups is 1. The summed E-state index contributed by atoms with van der Waals surface area (Å²) < 4.78 is 5.32. The lowest BCUT2D eigenvalue weighted by Gasteiger charge is -2.25. The van der Waals surface area contributed by atoms with Crippen LogP contribution in [0.4, 0.5) is 5.69 Å². The summed E-state index contributed by atoms with van der Waals surface area (Å²) in [6.45, 7) is 3.96. The van der Waals surface area contributed by atoms with Crippen molar-refractivity contribution in [3.05, 3.63) is 30.3 Å². The molecule has 0 radical (unpaired) electrons. The first-order valence-electron chi connectivity index (χ1n) is 6.70. The van der Waals surface area contributed by atoms with Gasteiger partial charge in [-0.3, -0.25) is 14.6 Å². The van der Waals surface area contributed by atoms with Crippen LogP contribution in [0, 0.1) is 0 Å². The number of aliphatic imine (C=N–C) groups is 1. The summed E-state index contributed by atoms with van der Waals surface area (Å²) in [5, 5.41) is 0.799. The molecular weight excluding hydrogens is 274 g/mol. The number of carbonyl (C=O) groups excluding carboxylic acids is 1. The van der Waals surface area contributed by atoms with E-state index < -0.39 is 0 Å². The minimum atomic E-state index is 0.0990. The molecule has 6 heteroatoms. The van der Waals surface area contributed by atoms with Crippen molar-refractivity contribution >= 4 is 28.5 Å². The zero-order chi connectivity index (χ0) is 13.8. The summed E-state index contributed by atoms with van der Waals surface area (Å²) >= 11 is 1.51. The van der Waals surface area contributed by atoms with E-state index in [4.69, 9.17) is 4.74 Å². The molecule has 2 heterocycles. The number of amidine groups is 1. The first-order valence-corrected chi connectivity index (χ1v) is 7.68. The fourth-order valence-corrected chi connectivity index (χ4v) is 3.08. The molecular formula is C14H17N3O2S. The minimum absolute atomic E-state index is 0.0990. The number of morpholine rings is 1. The van der Waals surface area contributed by atoms with Crippen LogP contribution in [0.2, 0.25) is 0 Å². The zero-order valence-corrected chi connectivity index (χ0v) is 12.0. The van der Waals surface area contributed by atoms with E-state index in [0.29, 0.717) is 12.4 Å². The Morgan fingerprint density at radius 3 is 2.70 bits per heavy atom. The van der Waals surface area contributed by atoms with E-state index in [1.54, 1.807) is 4.90 Å². The minimum Gasteiger partial charge on any atom is -0.379 e. The van der Waals surface area contributed by atoms with Crippen molar-refractivity contribution < 1.29 is 9.53 Å². The van der Waals surface area contributed by atoms with Gasteiger partial charge in [0.1, 0.15) is 0 Å². The fraction of sp³-hybridized carbons (Fsp3) is 0.429. The number of anilines is 1. The van der Waals surface area contributed by atoms with Crippen LogP contribution in [0.5, 0.6) is 0 Å². The molecule has 0 unspecified atom stereocenters. The van der Waals surface area contributed by atoms with Gasteiger partial charge in [0.25, 0.3) is 0 Å². The van der Waals surface area contributed by atoms with Crippen molar-refractivity contribution in [3.63, 3.8) is 0 Å². The number of benzene rings is 1. The third-order valence-corrected chi connectivity index (χ3v) is 4.25. The van der Waals surface area contributed by atoms with Gasteiger partial charge >= 0.3 is 0 Å². The predicted molar refractivity (Wildman–Crippen MR) is 81.1 cm³/mol. The first kappa shape index (κ1) is 13.6. The molecule has 20 heavy (non-hydrogen) atoms. The van der Waals surface area contributed by atoms with E-state index in [2.05, 4.69) is 9.89 Å². The van der Waals surface area contributed by atoms with E-state index >= 15 is 0 Å². The number of nitrogens with zero attached hydrogens (tertiary/aromatic N) is 3. The monoisotopic (exact) mass is 291 g/mol. The van der Waals surface area contributed by atoms with Crippen LogP contribution < -0.4 is 4.90 Å². The topological polar surface area (TPSA) is 45.1 Å². The van der Waals surface area contributed by atoms with Gasteiger partial charge in [0.05, 0.1) is 31.3 Å². The Bertz CT molecular complexity index is 500. The van der Waals surface area contributed by atoms with Crippen molar-refractivity contribution in [3.8, 4) is 0 Å². The summed E-state index contributed by atoms with van der Waals surface area (Å²) in [7, 11) is 0. The molecule has 0 saturated carbocycles. The number of ether oxygens (including phenoxy) is 1. The summed E-state index contributed by atoms with van der Waals surface area (Å²) in [5.74, 6) is 0.568. The first-order chi connectivity index (χ1) is 9.84. The molecule has 1 aromatic carbocycles. The molecule has 0 aliphatic carbocycles. The third kappa shape index (κ3) is 3.03. The average molecular weight is 291 g/mol. The number of para-hydroxylation sites is 1. The Hall–Kier alpha value is -1.37. The Morgan fingerprint density at radius 1 is 1.20 bits per heavy atom. The normalized spacial score (nSPS) is 22.7. The van der Waals surface area contributed by atoms with Gasteiger partial charge in [0.2, 0.25) is 5.91 Å². The molecule has 1 amide bonds. The molecule has 106 valence electrons. The van der Waals surface area contributed by atoms with Gasteiger partial charge in [-0.05, 0) is 12.1 Å². The van der Waals surface area contributed by atoms with Gasteiger partial charge in [0.15, 0.2) is 5.17 Å². The summed E-state index contributed by atoms with van der Waals surface area (Å²) in [6, 6.07) is 9.69. The Labute approximate surface area is 122 Å². The van der Waals surface area contributed by atoms with Crippen molar-refractivity contribution in [2.24, 2.45) is 4.99 Å². The van der Waals surface area contributed by atoms with E-state index in [0.717, 1.165) is 37.2 Å². The summed E-state index contributed by atoms with van der Waals surface area (Å²) in [5.41, 5.74) is 0.892. The molecule has 2 fully saturated rings. The van der Waals surface area contributed by atoms with E-state index in [1.807, 2.05) is 30.3 Å². The summed E-state index contributed by atoms with van der Waals surface area (Å²) in [6.07, 6.45) is 0. The zero-order valence-electron chi connectivity index (χ0n) is 11.2. The highest BCUT2D eigenvalue weighted by atomic mass is 32.2. The molecule has 3 rings (SSSR count). The van der Waals surface area contributed by atoms with Gasteiger partial charge in [-0.15, -0.1) is 0 Å². The predicted octanol–water partition coefficient (Wildman–Crippen LogP) is 1.41. The highest BCUT2D eigenvalue weighted by Crippen LogP contribution is 2.26. The Kier molecular flexibility index (Phi) is 4.34. The maximum Gasteiger partial charge on any atom is 0.243 e. The molecule has 1 aromatic rings.